The van der Waals surface area contributed by atoms with Crippen LogP contribution in [0, 0.1) is 0 Å². The molecule has 0 N–H and O–H groups in total. The van der Waals surface area contributed by atoms with Crippen LogP contribution in [0.2, 0.25) is 15.1 Å². The first-order valence-corrected chi connectivity index (χ1v) is 9.60. The van der Waals surface area contributed by atoms with E-state index in [4.69, 9.17) is 34.8 Å². The van der Waals surface area contributed by atoms with Gasteiger partial charge in [0.05, 0.1) is 10.0 Å². The molecule has 1 fully saturated rings. The van der Waals surface area contributed by atoms with Crippen molar-refractivity contribution in [1.82, 2.24) is 9.21 Å². The highest BCUT2D eigenvalue weighted by atomic mass is 35.5. The van der Waals surface area contributed by atoms with E-state index in [9.17, 15) is 13.2 Å². The van der Waals surface area contributed by atoms with E-state index in [0.717, 1.165) is 0 Å². The molecule has 23 heavy (non-hydrogen) atoms. The third-order valence-electron chi connectivity index (χ3n) is 4.03. The maximum atomic E-state index is 12.8. The Hall–Kier alpha value is -0.530. The summed E-state index contributed by atoms with van der Waals surface area (Å²) in [6.07, 6.45) is 1.14. The first kappa shape index (κ1) is 18.8. The number of carbonyl (C=O) groups excluding carboxylic acids is 1. The van der Waals surface area contributed by atoms with Gasteiger partial charge in [-0.25, -0.2) is 8.42 Å². The molecule has 0 aromatic heterocycles. The molecule has 1 aromatic carbocycles. The monoisotopic (exact) mass is 398 g/mol. The smallest absolute Gasteiger partial charge is 0.246 e. The maximum absolute atomic E-state index is 12.8. The largest absolute Gasteiger partial charge is 0.343 e. The molecule has 2 rings (SSSR count). The molecule has 0 unspecified atom stereocenters. The number of hydrogen-bond acceptors (Lipinski definition) is 3. The van der Waals surface area contributed by atoms with E-state index in [1.54, 1.807) is 11.9 Å². The van der Waals surface area contributed by atoms with Crippen LogP contribution in [-0.2, 0) is 14.8 Å². The summed E-state index contributed by atoms with van der Waals surface area (Å²) in [4.78, 5) is 12.9. The van der Waals surface area contributed by atoms with Gasteiger partial charge in [-0.15, -0.1) is 0 Å². The number of benzene rings is 1. The van der Waals surface area contributed by atoms with E-state index in [1.807, 2.05) is 0 Å². The Kier molecular flexibility index (Phi) is 5.85. The molecule has 1 heterocycles. The third-order valence-corrected chi connectivity index (χ3v) is 7.07. The van der Waals surface area contributed by atoms with Crippen LogP contribution in [0.15, 0.2) is 17.0 Å². The predicted molar refractivity (Wildman–Crippen MR) is 91.7 cm³/mol. The molecule has 0 saturated carbocycles. The summed E-state index contributed by atoms with van der Waals surface area (Å²) >= 11 is 17.9. The number of hydrogen-bond donors (Lipinski definition) is 0. The Morgan fingerprint density at radius 1 is 1.17 bits per heavy atom. The van der Waals surface area contributed by atoms with Crippen LogP contribution in [-0.4, -0.2) is 49.7 Å². The van der Waals surface area contributed by atoms with Crippen LogP contribution in [0.3, 0.4) is 0 Å². The fraction of sp³-hybridized carbons (Fsp3) is 0.500. The van der Waals surface area contributed by atoms with Crippen molar-refractivity contribution in [3.8, 4) is 0 Å². The number of carbonyl (C=O) groups is 1. The summed E-state index contributed by atoms with van der Waals surface area (Å²) in [6.45, 7) is 2.11. The molecule has 5 nitrogen and oxygen atoms in total. The number of halogens is 3. The number of piperidine rings is 1. The summed E-state index contributed by atoms with van der Waals surface area (Å²) in [5, 5.41) is 0.289. The topological polar surface area (TPSA) is 57.7 Å². The molecule has 1 saturated heterocycles. The molecule has 1 aliphatic rings. The lowest BCUT2D eigenvalue weighted by Gasteiger charge is -2.35. The van der Waals surface area contributed by atoms with Crippen LogP contribution >= 0.6 is 34.8 Å². The van der Waals surface area contributed by atoms with Crippen molar-refractivity contribution >= 4 is 50.7 Å². The fourth-order valence-electron chi connectivity index (χ4n) is 2.63. The predicted octanol–water partition coefficient (Wildman–Crippen LogP) is 3.28. The van der Waals surface area contributed by atoms with Gasteiger partial charge in [-0.2, -0.15) is 4.31 Å². The average Bonchev–Trinajstić information content (AvgIpc) is 2.45. The summed E-state index contributed by atoms with van der Waals surface area (Å²) in [5.41, 5.74) is 0. The van der Waals surface area contributed by atoms with Gasteiger partial charge in [0, 0.05) is 38.1 Å². The van der Waals surface area contributed by atoms with Crippen molar-refractivity contribution in [2.75, 3.05) is 20.1 Å². The van der Waals surface area contributed by atoms with Crippen LogP contribution < -0.4 is 0 Å². The molecular formula is C14H17Cl3N2O3S. The van der Waals surface area contributed by atoms with Gasteiger partial charge in [0.1, 0.15) is 4.90 Å². The molecule has 128 valence electrons. The van der Waals surface area contributed by atoms with Gasteiger partial charge in [0.25, 0.3) is 0 Å². The van der Waals surface area contributed by atoms with Crippen molar-refractivity contribution in [1.29, 1.82) is 0 Å². The van der Waals surface area contributed by atoms with E-state index in [-0.39, 0.29) is 31.9 Å². The molecule has 0 bridgehead atoms. The van der Waals surface area contributed by atoms with Gasteiger partial charge in [-0.05, 0) is 25.0 Å². The number of sulfonamides is 1. The first-order chi connectivity index (χ1) is 10.6. The lowest BCUT2D eigenvalue weighted by atomic mass is 10.1. The van der Waals surface area contributed by atoms with Crippen molar-refractivity contribution in [2.45, 2.75) is 30.7 Å². The van der Waals surface area contributed by atoms with Crippen molar-refractivity contribution in [2.24, 2.45) is 0 Å². The van der Waals surface area contributed by atoms with Crippen molar-refractivity contribution < 1.29 is 13.2 Å². The lowest BCUT2D eigenvalue weighted by molar-refractivity contribution is -0.130. The minimum absolute atomic E-state index is 0.00507. The van der Waals surface area contributed by atoms with Crippen LogP contribution in [0.5, 0.6) is 0 Å². The van der Waals surface area contributed by atoms with Gasteiger partial charge in [0.2, 0.25) is 15.9 Å². The Labute approximate surface area is 151 Å². The van der Waals surface area contributed by atoms with Crippen LogP contribution in [0.1, 0.15) is 19.8 Å². The summed E-state index contributed by atoms with van der Waals surface area (Å²) in [5.74, 6) is -0.0323. The standard InChI is InChI=1S/C14H17Cl3N2O3S/c1-9(20)18(2)11-3-5-19(6-4-11)23(21,22)14-12(16)7-10(15)8-13(14)17/h7-8,11H,3-6H2,1-2H3. The maximum Gasteiger partial charge on any atom is 0.246 e. The molecule has 1 aromatic rings. The number of rotatable bonds is 3. The van der Waals surface area contributed by atoms with E-state index in [1.165, 1.54) is 23.4 Å². The Morgan fingerprint density at radius 3 is 2.09 bits per heavy atom. The second kappa shape index (κ2) is 7.15. The Morgan fingerprint density at radius 2 is 1.65 bits per heavy atom. The van der Waals surface area contributed by atoms with E-state index in [2.05, 4.69) is 0 Å². The summed E-state index contributed by atoms with van der Waals surface area (Å²) < 4.78 is 26.9. The van der Waals surface area contributed by atoms with Crippen LogP contribution in [0.25, 0.3) is 0 Å². The highest BCUT2D eigenvalue weighted by Crippen LogP contribution is 2.35. The number of amides is 1. The normalized spacial score (nSPS) is 17.3. The highest BCUT2D eigenvalue weighted by molar-refractivity contribution is 7.89. The van der Waals surface area contributed by atoms with Gasteiger partial charge in [-0.1, -0.05) is 34.8 Å². The van der Waals surface area contributed by atoms with E-state index in [0.29, 0.717) is 25.9 Å². The molecule has 1 amide bonds. The van der Waals surface area contributed by atoms with Crippen LogP contribution in [0.4, 0.5) is 0 Å². The minimum atomic E-state index is -3.80. The second-order valence-corrected chi connectivity index (χ2v) is 8.59. The lowest BCUT2D eigenvalue weighted by Crippen LogP contribution is -2.46. The van der Waals surface area contributed by atoms with Gasteiger partial charge in [-0.3, -0.25) is 4.79 Å². The van der Waals surface area contributed by atoms with Gasteiger partial charge in [0.15, 0.2) is 0 Å². The minimum Gasteiger partial charge on any atom is -0.343 e. The van der Waals surface area contributed by atoms with E-state index < -0.39 is 10.0 Å². The highest BCUT2D eigenvalue weighted by Gasteiger charge is 2.34. The van der Waals surface area contributed by atoms with Gasteiger partial charge >= 0.3 is 0 Å². The summed E-state index contributed by atoms with van der Waals surface area (Å²) in [7, 11) is -2.08. The molecule has 0 radical (unpaired) electrons. The molecule has 0 aliphatic carbocycles. The van der Waals surface area contributed by atoms with Gasteiger partial charge < -0.3 is 4.90 Å². The zero-order chi connectivity index (χ0) is 17.4. The molecular weight excluding hydrogens is 383 g/mol. The zero-order valence-corrected chi connectivity index (χ0v) is 15.8. The summed E-state index contributed by atoms with van der Waals surface area (Å²) in [6, 6.07) is 2.76. The average molecular weight is 400 g/mol. The second-order valence-electron chi connectivity index (χ2n) is 5.46. The first-order valence-electron chi connectivity index (χ1n) is 7.02. The zero-order valence-electron chi connectivity index (χ0n) is 12.7. The molecule has 0 atom stereocenters. The molecule has 1 aliphatic heterocycles. The quantitative estimate of drug-likeness (QED) is 0.784. The SMILES string of the molecule is CC(=O)N(C)C1CCN(S(=O)(=O)c2c(Cl)cc(Cl)cc2Cl)CC1. The Bertz CT molecular complexity index is 693. The third kappa shape index (κ3) is 3.94. The Balaban J connectivity index is 2.22. The van der Waals surface area contributed by atoms with Crippen molar-refractivity contribution in [3.05, 3.63) is 27.2 Å². The fourth-order valence-corrected chi connectivity index (χ4v) is 5.59. The molecule has 9 heteroatoms. The van der Waals surface area contributed by atoms with E-state index >= 15 is 0 Å². The number of nitrogens with zero attached hydrogens (tertiary/aromatic N) is 2. The molecule has 0 spiro atoms. The van der Waals surface area contributed by atoms with Crippen molar-refractivity contribution in [3.63, 3.8) is 0 Å².